The highest BCUT2D eigenvalue weighted by Gasteiger charge is 2.30. The Hall–Kier alpha value is -2.36. The van der Waals surface area contributed by atoms with Crippen molar-refractivity contribution in [1.82, 2.24) is 9.88 Å². The van der Waals surface area contributed by atoms with Crippen molar-refractivity contribution in [1.29, 1.82) is 0 Å². The third-order valence-corrected chi connectivity index (χ3v) is 7.16. The first-order chi connectivity index (χ1) is 14.6. The van der Waals surface area contributed by atoms with Crippen molar-refractivity contribution in [2.45, 2.75) is 25.3 Å². The van der Waals surface area contributed by atoms with Crippen LogP contribution in [0.5, 0.6) is 0 Å². The summed E-state index contributed by atoms with van der Waals surface area (Å²) in [6, 6.07) is 7.27. The molecule has 0 radical (unpaired) electrons. The van der Waals surface area contributed by atoms with Crippen molar-refractivity contribution in [3.05, 3.63) is 46.2 Å². The van der Waals surface area contributed by atoms with Gasteiger partial charge in [-0.1, -0.05) is 17.7 Å². The van der Waals surface area contributed by atoms with Gasteiger partial charge in [-0.25, -0.2) is 13.4 Å². The molecule has 1 amide bonds. The summed E-state index contributed by atoms with van der Waals surface area (Å²) in [5.74, 6) is 0.0556. The summed E-state index contributed by atoms with van der Waals surface area (Å²) in [7, 11) is -0.295. The van der Waals surface area contributed by atoms with Gasteiger partial charge in [0.05, 0.1) is 47.7 Å². The Kier molecular flexibility index (Phi) is 5.85. The second kappa shape index (κ2) is 8.29. The number of sulfonamides is 1. The van der Waals surface area contributed by atoms with Crippen molar-refractivity contribution in [2.75, 3.05) is 43.2 Å². The van der Waals surface area contributed by atoms with Crippen LogP contribution in [0.25, 0.3) is 0 Å². The molecule has 31 heavy (non-hydrogen) atoms. The van der Waals surface area contributed by atoms with Crippen LogP contribution in [-0.2, 0) is 21.3 Å². The first-order valence-corrected chi connectivity index (χ1v) is 12.3. The summed E-state index contributed by atoms with van der Waals surface area (Å²) in [6.45, 7) is 1.74. The van der Waals surface area contributed by atoms with Gasteiger partial charge in [0.2, 0.25) is 10.0 Å². The summed E-state index contributed by atoms with van der Waals surface area (Å²) < 4.78 is 31.5. The number of nitrogens with one attached hydrogen (secondary N) is 1. The lowest BCUT2D eigenvalue weighted by Gasteiger charge is -2.26. The number of carbonyl (C=O) groups is 1. The van der Waals surface area contributed by atoms with E-state index >= 15 is 0 Å². The zero-order valence-corrected chi connectivity index (χ0v) is 19.3. The quantitative estimate of drug-likeness (QED) is 0.682. The maximum Gasteiger partial charge on any atom is 0.257 e. The molecule has 0 spiro atoms. The molecule has 0 saturated carbocycles. The van der Waals surface area contributed by atoms with Gasteiger partial charge in [0.25, 0.3) is 5.91 Å². The standard InChI is InChI=1S/C21H25ClN4O4S/c1-25-11-17-20(21(25)27)16(10-19(22)24-17)23-15-7-6-13(14-5-4-8-30-12-14)9-18(15)26(2)31(3,28)29/h6-7,9-10,14H,4-5,8,11-12H2,1-3H3,(H,23,24). The van der Waals surface area contributed by atoms with E-state index in [1.54, 1.807) is 18.0 Å². The zero-order chi connectivity index (χ0) is 22.3. The van der Waals surface area contributed by atoms with Gasteiger partial charge < -0.3 is 15.0 Å². The Morgan fingerprint density at radius 1 is 1.29 bits per heavy atom. The molecular formula is C21H25ClN4O4S. The fourth-order valence-corrected chi connectivity index (χ4v) is 4.72. The molecule has 1 atom stereocenters. The van der Waals surface area contributed by atoms with E-state index in [0.717, 1.165) is 31.3 Å². The Morgan fingerprint density at radius 2 is 2.06 bits per heavy atom. The summed E-state index contributed by atoms with van der Waals surface area (Å²) in [4.78, 5) is 18.5. The van der Waals surface area contributed by atoms with Crippen LogP contribution < -0.4 is 9.62 Å². The molecule has 2 aromatic rings. The summed E-state index contributed by atoms with van der Waals surface area (Å²) in [5, 5.41) is 3.50. The minimum Gasteiger partial charge on any atom is -0.381 e. The van der Waals surface area contributed by atoms with Crippen molar-refractivity contribution in [3.63, 3.8) is 0 Å². The number of rotatable bonds is 5. The molecule has 1 aromatic carbocycles. The first-order valence-electron chi connectivity index (χ1n) is 10.0. The molecule has 166 valence electrons. The topological polar surface area (TPSA) is 91.8 Å². The highest BCUT2D eigenvalue weighted by atomic mass is 35.5. The molecule has 0 bridgehead atoms. The summed E-state index contributed by atoms with van der Waals surface area (Å²) in [5.41, 5.74) is 3.61. The molecule has 8 nitrogen and oxygen atoms in total. The van der Waals surface area contributed by atoms with Gasteiger partial charge in [-0.05, 0) is 36.6 Å². The smallest absolute Gasteiger partial charge is 0.257 e. The lowest BCUT2D eigenvalue weighted by atomic mass is 9.93. The average Bonchev–Trinajstić information content (AvgIpc) is 3.01. The summed E-state index contributed by atoms with van der Waals surface area (Å²) in [6.07, 6.45) is 3.12. The number of carbonyl (C=O) groups excluding carboxylic acids is 1. The Morgan fingerprint density at radius 3 is 2.74 bits per heavy atom. The minimum absolute atomic E-state index is 0.157. The van der Waals surface area contributed by atoms with Crippen molar-refractivity contribution in [3.8, 4) is 0 Å². The predicted molar refractivity (Wildman–Crippen MR) is 121 cm³/mol. The lowest BCUT2D eigenvalue weighted by Crippen LogP contribution is -2.26. The van der Waals surface area contributed by atoms with Crippen LogP contribution in [0.3, 0.4) is 0 Å². The molecule has 1 saturated heterocycles. The molecule has 1 aromatic heterocycles. The highest BCUT2D eigenvalue weighted by molar-refractivity contribution is 7.92. The fraction of sp³-hybridized carbons (Fsp3) is 0.429. The van der Waals surface area contributed by atoms with Crippen molar-refractivity contribution < 1.29 is 17.9 Å². The number of hydrogen-bond donors (Lipinski definition) is 1. The van der Waals surface area contributed by atoms with Crippen molar-refractivity contribution in [2.24, 2.45) is 0 Å². The van der Waals surface area contributed by atoms with Crippen LogP contribution in [-0.4, -0.2) is 57.8 Å². The van der Waals surface area contributed by atoms with Gasteiger partial charge in [0, 0.05) is 26.6 Å². The number of nitrogens with zero attached hydrogens (tertiary/aromatic N) is 3. The van der Waals surface area contributed by atoms with Crippen LogP contribution in [0, 0.1) is 0 Å². The van der Waals surface area contributed by atoms with Crippen LogP contribution in [0.1, 0.15) is 40.4 Å². The Bertz CT molecular complexity index is 1130. The summed E-state index contributed by atoms with van der Waals surface area (Å²) >= 11 is 6.19. The SMILES string of the molecule is CN1Cc2nc(Cl)cc(Nc3ccc(C4CCCOC4)cc3N(C)S(C)(=O)=O)c2C1=O. The molecule has 3 heterocycles. The minimum atomic E-state index is -3.51. The molecule has 0 aliphatic carbocycles. The van der Waals surface area contributed by atoms with Gasteiger partial charge in [0.1, 0.15) is 5.15 Å². The second-order valence-corrected chi connectivity index (χ2v) is 10.4. The van der Waals surface area contributed by atoms with Crippen LogP contribution in [0.4, 0.5) is 17.1 Å². The number of benzene rings is 1. The van der Waals surface area contributed by atoms with Gasteiger partial charge in [-0.15, -0.1) is 0 Å². The van der Waals surface area contributed by atoms with E-state index in [2.05, 4.69) is 10.3 Å². The Labute approximate surface area is 187 Å². The maximum atomic E-state index is 12.6. The van der Waals surface area contributed by atoms with E-state index in [4.69, 9.17) is 16.3 Å². The lowest BCUT2D eigenvalue weighted by molar-refractivity contribution is 0.0804. The molecule has 1 fully saturated rings. The predicted octanol–water partition coefficient (Wildman–Crippen LogP) is 3.35. The third kappa shape index (κ3) is 4.35. The molecule has 4 rings (SSSR count). The van der Waals surface area contributed by atoms with Gasteiger partial charge in [-0.3, -0.25) is 9.10 Å². The van der Waals surface area contributed by atoms with Crippen LogP contribution in [0.15, 0.2) is 24.3 Å². The molecule has 1 unspecified atom stereocenters. The third-order valence-electron chi connectivity index (χ3n) is 5.77. The number of amides is 1. The largest absolute Gasteiger partial charge is 0.381 e. The number of anilines is 3. The van der Waals surface area contributed by atoms with E-state index in [0.29, 0.717) is 41.5 Å². The van der Waals surface area contributed by atoms with E-state index in [1.807, 2.05) is 18.2 Å². The van der Waals surface area contributed by atoms with Crippen molar-refractivity contribution >= 4 is 44.6 Å². The first kappa shape index (κ1) is 21.9. The molecule has 10 heteroatoms. The molecule has 2 aliphatic heterocycles. The van der Waals surface area contributed by atoms with E-state index in [1.165, 1.54) is 11.4 Å². The van der Waals surface area contributed by atoms with E-state index < -0.39 is 10.0 Å². The van der Waals surface area contributed by atoms with Gasteiger partial charge in [0.15, 0.2) is 0 Å². The number of hydrogen-bond acceptors (Lipinski definition) is 6. The van der Waals surface area contributed by atoms with E-state index in [9.17, 15) is 13.2 Å². The van der Waals surface area contributed by atoms with Gasteiger partial charge >= 0.3 is 0 Å². The number of ether oxygens (including phenoxy) is 1. The number of halogens is 1. The normalized spacial score (nSPS) is 18.8. The Balaban J connectivity index is 1.78. The average molecular weight is 465 g/mol. The zero-order valence-electron chi connectivity index (χ0n) is 17.7. The molecule has 2 aliphatic rings. The molecule has 1 N–H and O–H groups in total. The van der Waals surface area contributed by atoms with E-state index in [-0.39, 0.29) is 17.0 Å². The molecular weight excluding hydrogens is 440 g/mol. The second-order valence-electron chi connectivity index (χ2n) is 8.02. The highest BCUT2D eigenvalue weighted by Crippen LogP contribution is 2.38. The monoisotopic (exact) mass is 464 g/mol. The van der Waals surface area contributed by atoms with Crippen LogP contribution in [0.2, 0.25) is 5.15 Å². The fourth-order valence-electron chi connectivity index (χ4n) is 4.00. The van der Waals surface area contributed by atoms with Crippen LogP contribution >= 0.6 is 11.6 Å². The maximum absolute atomic E-state index is 12.6. The number of aromatic nitrogens is 1. The number of pyridine rings is 1. The number of fused-ring (bicyclic) bond motifs is 1. The van der Waals surface area contributed by atoms with Gasteiger partial charge in [-0.2, -0.15) is 0 Å².